The number of benzene rings is 2. The average Bonchev–Trinajstić information content (AvgIpc) is 4.02. The highest BCUT2D eigenvalue weighted by atomic mass is 32.1. The van der Waals surface area contributed by atoms with E-state index in [1.165, 1.54) is 37.4 Å². The second-order valence-corrected chi connectivity index (χ2v) is 17.3. The van der Waals surface area contributed by atoms with Gasteiger partial charge in [-0.25, -0.2) is 15.0 Å². The Kier molecular flexibility index (Phi) is 12.3. The second kappa shape index (κ2) is 18.0. The standard InChI is InChI=1S/C44H52N12O6S/c1-6-30-38(63-25(4)47-30)42(60)51-44-49-32-19-29(40(46)58)21-35(62-14-10-11-53-22-26-16-27(17-26)23-53)37(32)55(44)13-9-8-12-54-36-31(18-28(39(45)57)20-34(36)61-5)48-43(54)50-41(59)33-15-24(3)52-56(33)7-2/h8-9,15,18-21,26-27H,6-7,10-14,16-17,22-23H2,1-5H3,(H2,45,57)(H2,46,58)(H,48,50,59)(H,49,51,60)/b9-8+. The summed E-state index contributed by atoms with van der Waals surface area (Å²) in [5, 5.41) is 11.1. The van der Waals surface area contributed by atoms with Gasteiger partial charge in [0.2, 0.25) is 23.7 Å². The third-order valence-corrected chi connectivity index (χ3v) is 12.6. The highest BCUT2D eigenvalue weighted by molar-refractivity contribution is 7.13. The minimum Gasteiger partial charge on any atom is -0.494 e. The van der Waals surface area contributed by atoms with E-state index in [9.17, 15) is 19.2 Å². The van der Waals surface area contributed by atoms with Crippen LogP contribution >= 0.6 is 11.3 Å². The molecule has 2 saturated heterocycles. The molecule has 330 valence electrons. The molecule has 3 fully saturated rings. The number of anilines is 2. The third-order valence-electron chi connectivity index (χ3n) is 11.6. The number of hydrogen-bond donors (Lipinski definition) is 4. The number of rotatable bonds is 18. The summed E-state index contributed by atoms with van der Waals surface area (Å²) in [6.45, 7) is 11.9. The van der Waals surface area contributed by atoms with Crippen LogP contribution in [0.15, 0.2) is 42.5 Å². The maximum absolute atomic E-state index is 13.9. The summed E-state index contributed by atoms with van der Waals surface area (Å²) < 4.78 is 17.4. The SMILES string of the molecule is CCc1nc(C)sc1C(=O)Nc1nc2cc(C(N)=O)cc(OCCCN3CC4CC(C4)C3)c2n1C/C=C/Cn1c(NC(=O)c2cc(C)nn2CC)nc2cc(C(N)=O)cc(OC)c21. The first-order valence-corrected chi connectivity index (χ1v) is 22.0. The molecule has 6 aromatic rings. The van der Waals surface area contributed by atoms with Crippen LogP contribution < -0.4 is 31.6 Å². The summed E-state index contributed by atoms with van der Waals surface area (Å²) in [5.41, 5.74) is 15.5. The Morgan fingerprint density at radius 2 is 1.41 bits per heavy atom. The maximum atomic E-state index is 13.9. The zero-order valence-corrected chi connectivity index (χ0v) is 36.9. The third kappa shape index (κ3) is 8.88. The van der Waals surface area contributed by atoms with Crippen molar-refractivity contribution in [3.05, 3.63) is 80.6 Å². The van der Waals surface area contributed by atoms with Crippen molar-refractivity contribution < 1.29 is 28.7 Å². The number of hydrogen-bond acceptors (Lipinski definition) is 12. The molecule has 0 unspecified atom stereocenters. The highest BCUT2D eigenvalue weighted by Gasteiger charge is 2.36. The quantitative estimate of drug-likeness (QED) is 0.0638. The lowest BCUT2D eigenvalue weighted by Gasteiger charge is -2.47. The zero-order chi connectivity index (χ0) is 44.5. The number of primary amides is 2. The Morgan fingerprint density at radius 3 is 1.98 bits per heavy atom. The lowest BCUT2D eigenvalue weighted by atomic mass is 9.71. The van der Waals surface area contributed by atoms with Crippen LogP contribution in [0.4, 0.5) is 11.9 Å². The Labute approximate surface area is 367 Å². The number of thiazole rings is 1. The van der Waals surface area contributed by atoms with Crippen LogP contribution in [0.25, 0.3) is 22.1 Å². The number of allylic oxidation sites excluding steroid dienone is 2. The number of carbonyl (C=O) groups excluding carboxylic acids is 4. The summed E-state index contributed by atoms with van der Waals surface area (Å²) in [5.74, 6) is 0.694. The monoisotopic (exact) mass is 876 g/mol. The summed E-state index contributed by atoms with van der Waals surface area (Å²) in [6, 6.07) is 8.00. The van der Waals surface area contributed by atoms with Gasteiger partial charge in [-0.1, -0.05) is 19.1 Å². The molecule has 2 aromatic carbocycles. The van der Waals surface area contributed by atoms with E-state index in [1.807, 2.05) is 44.4 Å². The van der Waals surface area contributed by atoms with Crippen molar-refractivity contribution in [1.29, 1.82) is 0 Å². The van der Waals surface area contributed by atoms with Crippen LogP contribution in [0.3, 0.4) is 0 Å². The molecule has 2 bridgehead atoms. The van der Waals surface area contributed by atoms with E-state index in [1.54, 1.807) is 33.5 Å². The lowest BCUT2D eigenvalue weighted by Crippen LogP contribution is -2.48. The van der Waals surface area contributed by atoms with Gasteiger partial charge in [-0.15, -0.1) is 11.3 Å². The summed E-state index contributed by atoms with van der Waals surface area (Å²) >= 11 is 1.31. The van der Waals surface area contributed by atoms with Crippen LogP contribution in [-0.4, -0.2) is 95.7 Å². The van der Waals surface area contributed by atoms with Crippen molar-refractivity contribution in [2.75, 3.05) is 44.0 Å². The smallest absolute Gasteiger partial charge is 0.276 e. The van der Waals surface area contributed by atoms with Crippen molar-refractivity contribution in [2.45, 2.75) is 73.0 Å². The molecule has 6 N–H and O–H groups in total. The van der Waals surface area contributed by atoms with Gasteiger partial charge in [0.25, 0.3) is 11.8 Å². The molecule has 2 aliphatic heterocycles. The number of piperidine rings is 2. The molecule has 1 aliphatic carbocycles. The van der Waals surface area contributed by atoms with Gasteiger partial charge >= 0.3 is 0 Å². The van der Waals surface area contributed by atoms with Gasteiger partial charge in [0, 0.05) is 50.4 Å². The molecule has 6 heterocycles. The molecule has 19 heteroatoms. The lowest BCUT2D eigenvalue weighted by molar-refractivity contribution is 0.0251. The van der Waals surface area contributed by atoms with E-state index in [-0.39, 0.29) is 42.0 Å². The van der Waals surface area contributed by atoms with Gasteiger partial charge in [-0.3, -0.25) is 34.5 Å². The van der Waals surface area contributed by atoms with Crippen LogP contribution in [0, 0.1) is 25.7 Å². The predicted molar refractivity (Wildman–Crippen MR) is 240 cm³/mol. The number of carbonyl (C=O) groups is 4. The normalized spacial score (nSPS) is 16.1. The number of aryl methyl sites for hydroxylation is 4. The number of methoxy groups -OCH3 is 1. The zero-order valence-electron chi connectivity index (χ0n) is 36.1. The molecule has 0 atom stereocenters. The van der Waals surface area contributed by atoms with Crippen molar-refractivity contribution >= 4 is 68.9 Å². The predicted octanol–water partition coefficient (Wildman–Crippen LogP) is 5.32. The number of amides is 4. The molecule has 0 spiro atoms. The molecule has 63 heavy (non-hydrogen) atoms. The van der Waals surface area contributed by atoms with E-state index in [4.69, 9.17) is 30.9 Å². The molecular weight excluding hydrogens is 825 g/mol. The van der Waals surface area contributed by atoms with Gasteiger partial charge in [0.15, 0.2) is 0 Å². The second-order valence-electron chi connectivity index (χ2n) is 16.1. The number of imidazole rings is 2. The van der Waals surface area contributed by atoms with Gasteiger partial charge in [0.05, 0.1) is 41.1 Å². The summed E-state index contributed by atoms with van der Waals surface area (Å²) in [7, 11) is 1.48. The number of nitrogens with one attached hydrogen (secondary N) is 2. The summed E-state index contributed by atoms with van der Waals surface area (Å²) in [6.07, 6.45) is 7.78. The first kappa shape index (κ1) is 43.1. The Bertz CT molecular complexity index is 2770. The Morgan fingerprint density at radius 1 is 0.825 bits per heavy atom. The molecule has 1 saturated carbocycles. The number of aromatic nitrogens is 7. The fourth-order valence-electron chi connectivity index (χ4n) is 8.73. The van der Waals surface area contributed by atoms with Crippen LogP contribution in [0.1, 0.15) is 90.4 Å². The Hall–Kier alpha value is -6.60. The molecule has 0 radical (unpaired) electrons. The molecule has 4 aromatic heterocycles. The Balaban J connectivity index is 1.14. The molecule has 3 aliphatic rings. The fraction of sp³-hybridized carbons (Fsp3) is 0.409. The minimum atomic E-state index is -0.658. The first-order chi connectivity index (χ1) is 30.3. The summed E-state index contributed by atoms with van der Waals surface area (Å²) in [4.78, 5) is 69.5. The molecule has 4 amide bonds. The number of nitrogens with zero attached hydrogens (tertiary/aromatic N) is 8. The maximum Gasteiger partial charge on any atom is 0.276 e. The minimum absolute atomic E-state index is 0.187. The van der Waals surface area contributed by atoms with Crippen LogP contribution in [0.2, 0.25) is 0 Å². The topological polar surface area (TPSA) is 232 Å². The van der Waals surface area contributed by atoms with Crippen molar-refractivity contribution in [2.24, 2.45) is 23.3 Å². The fourth-order valence-corrected chi connectivity index (χ4v) is 9.63. The van der Waals surface area contributed by atoms with Gasteiger partial charge in [-0.05, 0) is 88.6 Å². The van der Waals surface area contributed by atoms with Crippen LogP contribution in [0.5, 0.6) is 11.5 Å². The van der Waals surface area contributed by atoms with Gasteiger partial charge in [0.1, 0.15) is 33.1 Å². The molecule has 18 nitrogen and oxygen atoms in total. The largest absolute Gasteiger partial charge is 0.494 e. The number of fused-ring (bicyclic) bond motifs is 4. The van der Waals surface area contributed by atoms with E-state index in [0.717, 1.165) is 42.9 Å². The van der Waals surface area contributed by atoms with Crippen molar-refractivity contribution in [1.82, 2.24) is 38.8 Å². The van der Waals surface area contributed by atoms with Crippen molar-refractivity contribution in [3.8, 4) is 11.5 Å². The highest BCUT2D eigenvalue weighted by Crippen LogP contribution is 2.39. The van der Waals surface area contributed by atoms with Gasteiger partial charge in [-0.2, -0.15) is 5.10 Å². The first-order valence-electron chi connectivity index (χ1n) is 21.2. The average molecular weight is 877 g/mol. The van der Waals surface area contributed by atoms with E-state index < -0.39 is 17.7 Å². The number of nitrogens with two attached hydrogens (primary N) is 2. The van der Waals surface area contributed by atoms with E-state index in [2.05, 4.69) is 25.6 Å². The van der Waals surface area contributed by atoms with E-state index >= 15 is 0 Å². The molecular formula is C44H52N12O6S. The van der Waals surface area contributed by atoms with E-state index in [0.29, 0.717) is 75.1 Å². The van der Waals surface area contributed by atoms with Crippen molar-refractivity contribution in [3.63, 3.8) is 0 Å². The van der Waals surface area contributed by atoms with Crippen LogP contribution in [-0.2, 0) is 26.1 Å². The van der Waals surface area contributed by atoms with Gasteiger partial charge < -0.3 is 35.0 Å². The number of ether oxygens (including phenoxy) is 2. The molecule has 9 rings (SSSR count).